The highest BCUT2D eigenvalue weighted by atomic mass is 19.1. The zero-order chi connectivity index (χ0) is 43.2. The molecule has 4 atom stereocenters. The van der Waals surface area contributed by atoms with Gasteiger partial charge in [0.25, 0.3) is 0 Å². The van der Waals surface area contributed by atoms with Gasteiger partial charge in [0.1, 0.15) is 46.4 Å². The number of nitrogens with zero attached hydrogens (tertiary/aromatic N) is 4. The van der Waals surface area contributed by atoms with Gasteiger partial charge >= 0.3 is 12.2 Å². The number of aromatic nitrogens is 4. The van der Waals surface area contributed by atoms with Gasteiger partial charge in [0.15, 0.2) is 11.6 Å². The lowest BCUT2D eigenvalue weighted by Gasteiger charge is -2.29. The minimum atomic E-state index is -0.966. The lowest BCUT2D eigenvalue weighted by molar-refractivity contribution is -0.136. The number of H-pyrrole nitrogens is 2. The van der Waals surface area contributed by atoms with Gasteiger partial charge in [-0.3, -0.25) is 9.59 Å². The maximum atomic E-state index is 16.2. The number of imidazole rings is 2. The molecule has 60 heavy (non-hydrogen) atoms. The van der Waals surface area contributed by atoms with E-state index in [1.807, 2.05) is 0 Å². The molecule has 0 radical (unpaired) electrons. The summed E-state index contributed by atoms with van der Waals surface area (Å²) in [6.07, 6.45) is 0.739. The molecule has 4 amide bonds. The second-order valence-electron chi connectivity index (χ2n) is 15.8. The minimum Gasteiger partial charge on any atom is -0.453 e. The zero-order valence-corrected chi connectivity index (χ0v) is 33.9. The number of carbonyl (C=O) groups excluding carboxylic acids is 4. The number of fused-ring (bicyclic) bond motifs is 2. The molecule has 2 aliphatic heterocycles. The normalized spacial score (nSPS) is 17.8. The van der Waals surface area contributed by atoms with E-state index in [4.69, 9.17) is 9.47 Å². The molecular weight excluding hydrogens is 789 g/mol. The van der Waals surface area contributed by atoms with Crippen LogP contribution < -0.4 is 10.6 Å². The summed E-state index contributed by atoms with van der Waals surface area (Å²) >= 11 is 0. The Balaban J connectivity index is 1.15. The van der Waals surface area contributed by atoms with Crippen LogP contribution in [0.25, 0.3) is 44.3 Å². The Morgan fingerprint density at radius 3 is 1.37 bits per heavy atom. The molecule has 4 heterocycles. The van der Waals surface area contributed by atoms with Crippen LogP contribution in [0.3, 0.4) is 0 Å². The monoisotopic (exact) mass is 834 g/mol. The summed E-state index contributed by atoms with van der Waals surface area (Å²) in [5.41, 5.74) is -0.796. The van der Waals surface area contributed by atoms with E-state index in [1.165, 1.54) is 38.5 Å². The first kappa shape index (κ1) is 41.9. The molecule has 7 rings (SSSR count). The first-order valence-electron chi connectivity index (χ1n) is 19.8. The average Bonchev–Trinajstić information content (AvgIpc) is 4.05. The van der Waals surface area contributed by atoms with Crippen LogP contribution in [0.2, 0.25) is 0 Å². The first-order chi connectivity index (χ1) is 28.6. The number of halogens is 4. The predicted octanol–water partition coefficient (Wildman–Crippen LogP) is 7.42. The number of benzene rings is 3. The number of likely N-dealkylation sites (tertiary alicyclic amines) is 2. The van der Waals surface area contributed by atoms with E-state index in [9.17, 15) is 19.2 Å². The van der Waals surface area contributed by atoms with Crippen LogP contribution in [0.5, 0.6) is 0 Å². The second kappa shape index (κ2) is 16.8. The van der Waals surface area contributed by atoms with E-state index in [0.29, 0.717) is 38.8 Å². The van der Waals surface area contributed by atoms with Crippen molar-refractivity contribution in [3.63, 3.8) is 0 Å². The van der Waals surface area contributed by atoms with Crippen molar-refractivity contribution in [1.82, 2.24) is 40.4 Å². The zero-order valence-electron chi connectivity index (χ0n) is 33.9. The van der Waals surface area contributed by atoms with Crippen molar-refractivity contribution in [2.75, 3.05) is 27.3 Å². The fourth-order valence-electron chi connectivity index (χ4n) is 8.23. The molecular formula is C42H46F4N8O6. The Bertz CT molecular complexity index is 2300. The molecule has 18 heteroatoms. The SMILES string of the molecule is COC(=O)NC(C(=O)N1CCC[C@H]1c1nc2c(F)c(-c3ccc(-c4c(F)cc5[nH]c([C@@H]6CCCN6C(=O)[C@@H](NC(=O)OC)C(C)C)nc5c4F)cc3)c(F)cc2[nH]1)C(C)C. The van der Waals surface area contributed by atoms with Crippen molar-refractivity contribution < 1.29 is 46.2 Å². The Kier molecular flexibility index (Phi) is 11.8. The lowest BCUT2D eigenvalue weighted by atomic mass is 9.98. The van der Waals surface area contributed by atoms with Crippen molar-refractivity contribution >= 4 is 46.1 Å². The summed E-state index contributed by atoms with van der Waals surface area (Å²) in [6, 6.07) is 4.68. The van der Waals surface area contributed by atoms with Gasteiger partial charge in [-0.1, -0.05) is 52.0 Å². The van der Waals surface area contributed by atoms with E-state index in [-0.39, 0.29) is 68.5 Å². The number of alkyl carbamates (subject to hydrolysis) is 2. The standard InChI is InChI=1S/C42H46F4N8O6/c1-19(2)33(51-41(57)59-5)39(55)53-15-7-9-27(53)37-47-25-17-23(43)29(31(45)35(25)49-37)21-11-13-22(14-12-21)30-24(44)18-26-36(32(30)46)50-38(48-26)28-10-8-16-54(28)40(56)34(20(3)4)52-42(58)60-6/h11-14,17-20,27-28,33-34H,7-10,15-16H2,1-6H3,(H,47,49)(H,48,50)(H,51,57)(H,52,58)/t27-,28-,33-,34?/m0/s1. The number of ether oxygens (including phenoxy) is 2. The molecule has 2 saturated heterocycles. The van der Waals surface area contributed by atoms with Crippen LogP contribution in [0, 0.1) is 35.1 Å². The fourth-order valence-corrected chi connectivity index (χ4v) is 8.23. The van der Waals surface area contributed by atoms with Crippen LogP contribution in [-0.2, 0) is 19.1 Å². The average molecular weight is 835 g/mol. The number of methoxy groups -OCH3 is 2. The summed E-state index contributed by atoms with van der Waals surface area (Å²) < 4.78 is 73.3. The number of amides is 4. The van der Waals surface area contributed by atoms with E-state index in [1.54, 1.807) is 37.5 Å². The molecule has 4 N–H and O–H groups in total. The van der Waals surface area contributed by atoms with Crippen LogP contribution >= 0.6 is 0 Å². The second-order valence-corrected chi connectivity index (χ2v) is 15.8. The highest BCUT2D eigenvalue weighted by Crippen LogP contribution is 2.39. The third kappa shape index (κ3) is 7.70. The molecule has 2 aromatic heterocycles. The maximum absolute atomic E-state index is 16.2. The third-order valence-corrected chi connectivity index (χ3v) is 11.3. The van der Waals surface area contributed by atoms with Crippen molar-refractivity contribution in [1.29, 1.82) is 0 Å². The van der Waals surface area contributed by atoms with Crippen LogP contribution in [0.15, 0.2) is 36.4 Å². The van der Waals surface area contributed by atoms with Crippen molar-refractivity contribution in [2.45, 2.75) is 77.5 Å². The smallest absolute Gasteiger partial charge is 0.407 e. The highest BCUT2D eigenvalue weighted by Gasteiger charge is 2.39. The van der Waals surface area contributed by atoms with Gasteiger partial charge < -0.3 is 39.9 Å². The summed E-state index contributed by atoms with van der Waals surface area (Å²) in [5, 5.41) is 5.15. The molecule has 2 aliphatic rings. The molecule has 0 aliphatic carbocycles. The number of rotatable bonds is 10. The van der Waals surface area contributed by atoms with Crippen LogP contribution in [-0.4, -0.2) is 93.1 Å². The van der Waals surface area contributed by atoms with Gasteiger partial charge in [-0.2, -0.15) is 0 Å². The van der Waals surface area contributed by atoms with Gasteiger partial charge in [-0.15, -0.1) is 0 Å². The van der Waals surface area contributed by atoms with Crippen LogP contribution in [0.1, 0.15) is 77.1 Å². The first-order valence-corrected chi connectivity index (χ1v) is 19.8. The lowest BCUT2D eigenvalue weighted by Crippen LogP contribution is -2.51. The predicted molar refractivity (Wildman–Crippen MR) is 212 cm³/mol. The maximum Gasteiger partial charge on any atom is 0.407 e. The molecule has 3 aromatic carbocycles. The van der Waals surface area contributed by atoms with E-state index in [2.05, 4.69) is 30.6 Å². The number of carbonyl (C=O) groups is 4. The Morgan fingerprint density at radius 2 is 1.03 bits per heavy atom. The minimum absolute atomic E-state index is 0.0753. The van der Waals surface area contributed by atoms with Gasteiger partial charge in [-0.25, -0.2) is 37.1 Å². The summed E-state index contributed by atoms with van der Waals surface area (Å²) in [5.74, 6) is -4.48. The number of hydrogen-bond acceptors (Lipinski definition) is 8. The molecule has 1 unspecified atom stereocenters. The molecule has 0 bridgehead atoms. The summed E-state index contributed by atoms with van der Waals surface area (Å²) in [4.78, 5) is 69.2. The highest BCUT2D eigenvalue weighted by molar-refractivity contribution is 5.89. The van der Waals surface area contributed by atoms with Crippen molar-refractivity contribution in [3.8, 4) is 22.3 Å². The van der Waals surface area contributed by atoms with Gasteiger partial charge in [0.2, 0.25) is 11.8 Å². The van der Waals surface area contributed by atoms with E-state index in [0.717, 1.165) is 12.1 Å². The Labute approximate surface area is 342 Å². The molecule has 0 saturated carbocycles. The Hall–Kier alpha value is -6.20. The molecule has 14 nitrogen and oxygen atoms in total. The van der Waals surface area contributed by atoms with Gasteiger partial charge in [0, 0.05) is 25.2 Å². The molecule has 318 valence electrons. The topological polar surface area (TPSA) is 175 Å². The number of hydrogen-bond donors (Lipinski definition) is 4. The quantitative estimate of drug-likeness (QED) is 0.105. The summed E-state index contributed by atoms with van der Waals surface area (Å²) in [6.45, 7) is 7.87. The molecule has 0 spiro atoms. The van der Waals surface area contributed by atoms with Crippen molar-refractivity contribution in [3.05, 3.63) is 71.3 Å². The van der Waals surface area contributed by atoms with Gasteiger partial charge in [0.05, 0.1) is 48.5 Å². The largest absolute Gasteiger partial charge is 0.453 e. The fraction of sp³-hybridized carbons (Fsp3) is 0.429. The van der Waals surface area contributed by atoms with Crippen LogP contribution in [0.4, 0.5) is 27.2 Å². The van der Waals surface area contributed by atoms with E-state index >= 15 is 17.6 Å². The molecule has 5 aromatic rings. The van der Waals surface area contributed by atoms with Gasteiger partial charge in [-0.05, 0) is 48.6 Å². The van der Waals surface area contributed by atoms with E-state index < -0.39 is 70.7 Å². The number of nitrogens with one attached hydrogen (secondary N) is 4. The third-order valence-electron chi connectivity index (χ3n) is 11.3. The summed E-state index contributed by atoms with van der Waals surface area (Å²) in [7, 11) is 2.40. The van der Waals surface area contributed by atoms with Crippen molar-refractivity contribution in [2.24, 2.45) is 11.8 Å². The molecule has 2 fully saturated rings. The Morgan fingerprint density at radius 1 is 0.667 bits per heavy atom. The number of aromatic amines is 2.